The second-order valence-electron chi connectivity index (χ2n) is 2.68. The molecule has 0 spiro atoms. The molecule has 0 aromatic carbocycles. The number of carbonyl (C=O) groups excluding carboxylic acids is 1. The van der Waals surface area contributed by atoms with Crippen molar-refractivity contribution in [3.8, 4) is 0 Å². The van der Waals surface area contributed by atoms with Crippen LogP contribution in [0.25, 0.3) is 0 Å². The van der Waals surface area contributed by atoms with Crippen LogP contribution in [0.2, 0.25) is 0 Å². The first kappa shape index (κ1) is 10.8. The number of carbonyl (C=O) groups is 2. The van der Waals surface area contributed by atoms with Crippen LogP contribution < -0.4 is 5.32 Å². The van der Waals surface area contributed by atoms with Crippen LogP contribution in [0, 0.1) is 0 Å². The van der Waals surface area contributed by atoms with Crippen LogP contribution in [-0.4, -0.2) is 28.9 Å². The van der Waals surface area contributed by atoms with Crippen molar-refractivity contribution in [2.45, 2.75) is 13.5 Å². The summed E-state index contributed by atoms with van der Waals surface area (Å²) >= 11 is 1.12. The van der Waals surface area contributed by atoms with E-state index in [1.165, 1.54) is 6.92 Å². The molecule has 1 aromatic heterocycles. The van der Waals surface area contributed by atoms with E-state index in [0.29, 0.717) is 11.6 Å². The van der Waals surface area contributed by atoms with Crippen molar-refractivity contribution >= 4 is 23.1 Å². The molecule has 2 N–H and O–H groups in total. The summed E-state index contributed by atoms with van der Waals surface area (Å²) in [6.45, 7) is 1.81. The summed E-state index contributed by atoms with van der Waals surface area (Å²) in [5.41, 5.74) is -0.146. The van der Waals surface area contributed by atoms with Crippen LogP contribution in [0.1, 0.15) is 32.1 Å². The van der Waals surface area contributed by atoms with Crippen LogP contribution in [0.3, 0.4) is 0 Å². The van der Waals surface area contributed by atoms with Crippen LogP contribution in [-0.2, 0) is 6.54 Å². The summed E-state index contributed by atoms with van der Waals surface area (Å²) in [5.74, 6) is -1.42. The van der Waals surface area contributed by atoms with Gasteiger partial charge >= 0.3 is 5.97 Å². The predicted octanol–water partition coefficient (Wildman–Crippen LogP) is 0.763. The maximum absolute atomic E-state index is 11.1. The molecule has 0 amide bonds. The van der Waals surface area contributed by atoms with Gasteiger partial charge in [0.1, 0.15) is 9.88 Å². The number of ketones is 1. The Morgan fingerprint density at radius 1 is 1.57 bits per heavy atom. The minimum absolute atomic E-state index is 0.146. The van der Waals surface area contributed by atoms with Gasteiger partial charge in [-0.25, -0.2) is 9.78 Å². The maximum Gasteiger partial charge on any atom is 0.356 e. The molecule has 5 nitrogen and oxygen atoms in total. The van der Waals surface area contributed by atoms with Gasteiger partial charge in [-0.1, -0.05) is 0 Å². The third-order valence-electron chi connectivity index (χ3n) is 1.52. The molecule has 0 aliphatic rings. The normalized spacial score (nSPS) is 10.1. The van der Waals surface area contributed by atoms with Crippen LogP contribution in [0.4, 0.5) is 0 Å². The second-order valence-corrected chi connectivity index (χ2v) is 3.76. The van der Waals surface area contributed by atoms with Gasteiger partial charge in [-0.15, -0.1) is 11.3 Å². The van der Waals surface area contributed by atoms with Gasteiger partial charge in [0.05, 0.1) is 0 Å². The Bertz CT molecular complexity index is 341. The van der Waals surface area contributed by atoms with E-state index in [1.54, 1.807) is 7.05 Å². The molecule has 76 valence electrons. The highest BCUT2D eigenvalue weighted by Crippen LogP contribution is 2.19. The molecule has 0 aliphatic heterocycles. The monoisotopic (exact) mass is 214 g/mol. The molecule has 6 heteroatoms. The van der Waals surface area contributed by atoms with Gasteiger partial charge in [-0.3, -0.25) is 4.79 Å². The fourth-order valence-corrected chi connectivity index (χ4v) is 1.94. The van der Waals surface area contributed by atoms with E-state index in [9.17, 15) is 9.59 Å². The van der Waals surface area contributed by atoms with Crippen molar-refractivity contribution in [1.82, 2.24) is 10.3 Å². The number of hydrogen-bond donors (Lipinski definition) is 2. The lowest BCUT2D eigenvalue weighted by Crippen LogP contribution is -2.06. The molecule has 0 saturated carbocycles. The molecule has 0 radical (unpaired) electrons. The molecular weight excluding hydrogens is 204 g/mol. The first-order chi connectivity index (χ1) is 6.56. The number of aromatic nitrogens is 1. The Morgan fingerprint density at radius 3 is 2.57 bits per heavy atom. The maximum atomic E-state index is 11.1. The van der Waals surface area contributed by atoms with Crippen molar-refractivity contribution in [1.29, 1.82) is 0 Å². The van der Waals surface area contributed by atoms with E-state index in [0.717, 1.165) is 11.3 Å². The molecule has 1 heterocycles. The molecule has 0 fully saturated rings. The largest absolute Gasteiger partial charge is 0.476 e. The fraction of sp³-hybridized carbons (Fsp3) is 0.375. The van der Waals surface area contributed by atoms with Crippen LogP contribution in [0.15, 0.2) is 0 Å². The molecule has 14 heavy (non-hydrogen) atoms. The fourth-order valence-electron chi connectivity index (χ4n) is 0.975. The number of rotatable bonds is 4. The topological polar surface area (TPSA) is 79.3 Å². The third-order valence-corrected chi connectivity index (χ3v) is 2.68. The Balaban J connectivity index is 3.12. The SMILES string of the molecule is CNCc1nc(C(=O)O)c(C(C)=O)s1. The zero-order valence-corrected chi connectivity index (χ0v) is 8.64. The summed E-state index contributed by atoms with van der Waals surface area (Å²) in [4.78, 5) is 25.9. The highest BCUT2D eigenvalue weighted by Gasteiger charge is 2.19. The molecule has 0 atom stereocenters. The van der Waals surface area contributed by atoms with Gasteiger partial charge < -0.3 is 10.4 Å². The molecule has 1 aromatic rings. The number of nitrogens with zero attached hydrogens (tertiary/aromatic N) is 1. The number of Topliss-reactive ketones (excluding diaryl/α,β-unsaturated/α-hetero) is 1. The van der Waals surface area contributed by atoms with Gasteiger partial charge in [0.25, 0.3) is 0 Å². The van der Waals surface area contributed by atoms with Crippen molar-refractivity contribution in [2.75, 3.05) is 7.05 Å². The van der Waals surface area contributed by atoms with E-state index in [-0.39, 0.29) is 16.4 Å². The van der Waals surface area contributed by atoms with E-state index in [2.05, 4.69) is 10.3 Å². The Morgan fingerprint density at radius 2 is 2.21 bits per heavy atom. The van der Waals surface area contributed by atoms with E-state index in [1.807, 2.05) is 0 Å². The van der Waals surface area contributed by atoms with Crippen LogP contribution >= 0.6 is 11.3 Å². The lowest BCUT2D eigenvalue weighted by atomic mass is 10.3. The van der Waals surface area contributed by atoms with Gasteiger partial charge in [0.2, 0.25) is 0 Å². The zero-order chi connectivity index (χ0) is 10.7. The first-order valence-corrected chi connectivity index (χ1v) is 4.76. The quantitative estimate of drug-likeness (QED) is 0.723. The van der Waals surface area contributed by atoms with Crippen molar-refractivity contribution < 1.29 is 14.7 Å². The number of carboxylic acids is 1. The van der Waals surface area contributed by atoms with Crippen LogP contribution in [0.5, 0.6) is 0 Å². The van der Waals surface area contributed by atoms with E-state index < -0.39 is 5.97 Å². The second kappa shape index (κ2) is 4.30. The molecule has 0 unspecified atom stereocenters. The Hall–Kier alpha value is -1.27. The number of carboxylic acid groups (broad SMARTS) is 1. The van der Waals surface area contributed by atoms with Crippen molar-refractivity contribution in [2.24, 2.45) is 0 Å². The number of aromatic carboxylic acids is 1. The molecule has 1 rings (SSSR count). The summed E-state index contributed by atoms with van der Waals surface area (Å²) in [7, 11) is 1.73. The molecule has 0 aliphatic carbocycles. The average molecular weight is 214 g/mol. The highest BCUT2D eigenvalue weighted by atomic mass is 32.1. The van der Waals surface area contributed by atoms with E-state index >= 15 is 0 Å². The summed E-state index contributed by atoms with van der Waals surface area (Å²) in [5, 5.41) is 12.2. The lowest BCUT2D eigenvalue weighted by Gasteiger charge is -1.89. The van der Waals surface area contributed by atoms with Gasteiger partial charge in [0, 0.05) is 13.5 Å². The Kier molecular flexibility index (Phi) is 3.32. The van der Waals surface area contributed by atoms with E-state index in [4.69, 9.17) is 5.11 Å². The van der Waals surface area contributed by atoms with Crippen molar-refractivity contribution in [3.05, 3.63) is 15.6 Å². The predicted molar refractivity (Wildman–Crippen MR) is 51.8 cm³/mol. The zero-order valence-electron chi connectivity index (χ0n) is 7.83. The summed E-state index contributed by atoms with van der Waals surface area (Å²) in [6.07, 6.45) is 0. The number of nitrogens with one attached hydrogen (secondary N) is 1. The molecule has 0 bridgehead atoms. The lowest BCUT2D eigenvalue weighted by molar-refractivity contribution is 0.0687. The average Bonchev–Trinajstić information content (AvgIpc) is 2.49. The minimum Gasteiger partial charge on any atom is -0.476 e. The standard InChI is InChI=1S/C8H10N2O3S/c1-4(11)7-6(8(12)13)10-5(14-7)3-9-2/h9H,3H2,1-2H3,(H,12,13). The molecular formula is C8H10N2O3S. The Labute approximate surface area is 84.8 Å². The van der Waals surface area contributed by atoms with Gasteiger partial charge in [0.15, 0.2) is 11.5 Å². The number of hydrogen-bond acceptors (Lipinski definition) is 5. The first-order valence-electron chi connectivity index (χ1n) is 3.94. The third kappa shape index (κ3) is 2.15. The van der Waals surface area contributed by atoms with Gasteiger partial charge in [-0.05, 0) is 7.05 Å². The summed E-state index contributed by atoms with van der Waals surface area (Å²) < 4.78 is 0. The minimum atomic E-state index is -1.16. The van der Waals surface area contributed by atoms with Gasteiger partial charge in [-0.2, -0.15) is 0 Å². The molecule has 0 saturated heterocycles. The smallest absolute Gasteiger partial charge is 0.356 e. The summed E-state index contributed by atoms with van der Waals surface area (Å²) in [6, 6.07) is 0. The number of thiazole rings is 1. The van der Waals surface area contributed by atoms with Crippen molar-refractivity contribution in [3.63, 3.8) is 0 Å². The highest BCUT2D eigenvalue weighted by molar-refractivity contribution is 7.14.